The molecule has 0 bridgehead atoms. The molecule has 0 aromatic heterocycles. The minimum absolute atomic E-state index is 0. The molecular formula is C18H27FIN3O2. The first kappa shape index (κ1) is 21.7. The van der Waals surface area contributed by atoms with E-state index in [4.69, 9.17) is 4.74 Å². The fourth-order valence-corrected chi connectivity index (χ4v) is 2.86. The maximum absolute atomic E-state index is 12.9. The molecule has 1 saturated heterocycles. The highest BCUT2D eigenvalue weighted by molar-refractivity contribution is 14.0. The normalized spacial score (nSPS) is 15.5. The van der Waals surface area contributed by atoms with Gasteiger partial charge in [0.2, 0.25) is 0 Å². The van der Waals surface area contributed by atoms with Crippen LogP contribution in [-0.2, 0) is 16.0 Å². The number of hydrogen-bond donors (Lipinski definition) is 1. The van der Waals surface area contributed by atoms with E-state index in [0.717, 1.165) is 50.4 Å². The fourth-order valence-electron chi connectivity index (χ4n) is 2.86. The minimum atomic E-state index is -0.218. The molecule has 1 aromatic carbocycles. The average molecular weight is 463 g/mol. The third kappa shape index (κ3) is 6.80. The number of carbonyl (C=O) groups excluding carboxylic acids is 1. The second kappa shape index (κ2) is 11.3. The van der Waals surface area contributed by atoms with Crippen molar-refractivity contribution in [1.82, 2.24) is 10.2 Å². The number of guanidine groups is 1. The lowest BCUT2D eigenvalue weighted by atomic mass is 9.97. The highest BCUT2D eigenvalue weighted by Gasteiger charge is 2.26. The minimum Gasteiger partial charge on any atom is -0.469 e. The number of hydrogen-bond acceptors (Lipinski definition) is 3. The molecule has 0 radical (unpaired) electrons. The Bertz CT molecular complexity index is 558. The largest absolute Gasteiger partial charge is 0.469 e. The topological polar surface area (TPSA) is 53.9 Å². The van der Waals surface area contributed by atoms with Crippen LogP contribution in [0.5, 0.6) is 0 Å². The molecular weight excluding hydrogens is 436 g/mol. The molecule has 1 aromatic rings. The van der Waals surface area contributed by atoms with Crippen LogP contribution in [0, 0.1) is 11.7 Å². The average Bonchev–Trinajstić information content (AvgIpc) is 2.62. The summed E-state index contributed by atoms with van der Waals surface area (Å²) in [5, 5.41) is 3.31. The van der Waals surface area contributed by atoms with Gasteiger partial charge in [-0.05, 0) is 43.9 Å². The van der Waals surface area contributed by atoms with Gasteiger partial charge in [-0.25, -0.2) is 4.39 Å². The molecule has 0 aliphatic carbocycles. The number of rotatable bonds is 5. The van der Waals surface area contributed by atoms with E-state index >= 15 is 0 Å². The molecule has 1 aliphatic heterocycles. The predicted molar refractivity (Wildman–Crippen MR) is 108 cm³/mol. The number of halogens is 2. The van der Waals surface area contributed by atoms with E-state index in [-0.39, 0.29) is 41.7 Å². The predicted octanol–water partition coefficient (Wildman–Crippen LogP) is 2.84. The summed E-state index contributed by atoms with van der Waals surface area (Å²) in [4.78, 5) is 18.5. The molecule has 0 saturated carbocycles. The summed E-state index contributed by atoms with van der Waals surface area (Å²) in [6.07, 6.45) is 2.35. The van der Waals surface area contributed by atoms with Crippen molar-refractivity contribution in [2.45, 2.75) is 26.2 Å². The Morgan fingerprint density at radius 3 is 2.52 bits per heavy atom. The Labute approximate surface area is 166 Å². The zero-order valence-electron chi connectivity index (χ0n) is 14.8. The lowest BCUT2D eigenvalue weighted by Gasteiger charge is -2.33. The standard InChI is InChI=1S/C18H26FN3O2.HI/c1-3-20-18(21-11-8-14-4-6-16(19)7-5-14)22-12-9-15(10-13-22)17(23)24-2;/h4-7,15H,3,8-13H2,1-2H3,(H,20,21);1H. The number of nitrogens with zero attached hydrogens (tertiary/aromatic N) is 2. The molecule has 0 unspecified atom stereocenters. The van der Waals surface area contributed by atoms with Crippen LogP contribution in [0.4, 0.5) is 4.39 Å². The highest BCUT2D eigenvalue weighted by Crippen LogP contribution is 2.18. The Kier molecular flexibility index (Phi) is 9.77. The molecule has 2 rings (SSSR count). The summed E-state index contributed by atoms with van der Waals surface area (Å²) < 4.78 is 17.7. The fraction of sp³-hybridized carbons (Fsp3) is 0.556. The summed E-state index contributed by atoms with van der Waals surface area (Å²) in [6, 6.07) is 6.53. The number of esters is 1. The van der Waals surface area contributed by atoms with Gasteiger partial charge in [0.15, 0.2) is 5.96 Å². The van der Waals surface area contributed by atoms with Gasteiger partial charge < -0.3 is 15.0 Å². The van der Waals surface area contributed by atoms with Crippen molar-refractivity contribution in [3.05, 3.63) is 35.6 Å². The van der Waals surface area contributed by atoms with Crippen molar-refractivity contribution in [1.29, 1.82) is 0 Å². The summed E-state index contributed by atoms with van der Waals surface area (Å²) in [5.74, 6) is 0.535. The van der Waals surface area contributed by atoms with Crippen molar-refractivity contribution >= 4 is 35.9 Å². The first-order valence-corrected chi connectivity index (χ1v) is 8.49. The van der Waals surface area contributed by atoms with Crippen LogP contribution >= 0.6 is 24.0 Å². The van der Waals surface area contributed by atoms with Crippen molar-refractivity contribution < 1.29 is 13.9 Å². The maximum Gasteiger partial charge on any atom is 0.308 e. The van der Waals surface area contributed by atoms with E-state index in [1.165, 1.54) is 19.2 Å². The van der Waals surface area contributed by atoms with Gasteiger partial charge in [0.25, 0.3) is 0 Å². The molecule has 1 heterocycles. The van der Waals surface area contributed by atoms with Crippen LogP contribution < -0.4 is 5.32 Å². The Morgan fingerprint density at radius 2 is 1.96 bits per heavy atom. The number of ether oxygens (including phenoxy) is 1. The Balaban J connectivity index is 0.00000312. The summed E-state index contributed by atoms with van der Waals surface area (Å²) >= 11 is 0. The van der Waals surface area contributed by atoms with E-state index in [0.29, 0.717) is 6.54 Å². The monoisotopic (exact) mass is 463 g/mol. The number of nitrogens with one attached hydrogen (secondary N) is 1. The van der Waals surface area contributed by atoms with E-state index < -0.39 is 0 Å². The van der Waals surface area contributed by atoms with Gasteiger partial charge >= 0.3 is 5.97 Å². The van der Waals surface area contributed by atoms with Crippen LogP contribution in [0.25, 0.3) is 0 Å². The summed E-state index contributed by atoms with van der Waals surface area (Å²) in [5.41, 5.74) is 1.07. The van der Waals surface area contributed by atoms with E-state index in [1.807, 2.05) is 6.92 Å². The van der Waals surface area contributed by atoms with Gasteiger partial charge in [-0.15, -0.1) is 24.0 Å². The van der Waals surface area contributed by atoms with Crippen molar-refractivity contribution in [3.63, 3.8) is 0 Å². The van der Waals surface area contributed by atoms with Crippen molar-refractivity contribution in [2.75, 3.05) is 33.3 Å². The van der Waals surface area contributed by atoms with Crippen LogP contribution in [-0.4, -0.2) is 50.1 Å². The third-order valence-corrected chi connectivity index (χ3v) is 4.24. The number of aliphatic imine (C=N–C) groups is 1. The van der Waals surface area contributed by atoms with Crippen molar-refractivity contribution in [2.24, 2.45) is 10.9 Å². The number of methoxy groups -OCH3 is 1. The molecule has 0 spiro atoms. The van der Waals surface area contributed by atoms with Gasteiger partial charge in [0.1, 0.15) is 5.82 Å². The number of benzene rings is 1. The number of carbonyl (C=O) groups is 1. The Morgan fingerprint density at radius 1 is 1.32 bits per heavy atom. The second-order valence-corrected chi connectivity index (χ2v) is 5.90. The molecule has 0 amide bonds. The molecule has 5 nitrogen and oxygen atoms in total. The smallest absolute Gasteiger partial charge is 0.308 e. The SMILES string of the molecule is CCNC(=NCCc1ccc(F)cc1)N1CCC(C(=O)OC)CC1.I. The van der Waals surface area contributed by atoms with Gasteiger partial charge in [-0.1, -0.05) is 12.1 Å². The van der Waals surface area contributed by atoms with Crippen molar-refractivity contribution in [3.8, 4) is 0 Å². The second-order valence-electron chi connectivity index (χ2n) is 5.90. The van der Waals surface area contributed by atoms with E-state index in [2.05, 4.69) is 15.2 Å². The lowest BCUT2D eigenvalue weighted by Crippen LogP contribution is -2.46. The number of likely N-dealkylation sites (tertiary alicyclic amines) is 1. The van der Waals surface area contributed by atoms with E-state index in [9.17, 15) is 9.18 Å². The molecule has 0 atom stereocenters. The van der Waals surface area contributed by atoms with Crippen LogP contribution in [0.3, 0.4) is 0 Å². The first-order valence-electron chi connectivity index (χ1n) is 8.49. The maximum atomic E-state index is 12.9. The van der Waals surface area contributed by atoms with Crippen LogP contribution in [0.1, 0.15) is 25.3 Å². The molecule has 140 valence electrons. The van der Waals surface area contributed by atoms with Crippen LogP contribution in [0.2, 0.25) is 0 Å². The molecule has 1 aliphatic rings. The first-order chi connectivity index (χ1) is 11.6. The van der Waals surface area contributed by atoms with Crippen LogP contribution in [0.15, 0.2) is 29.3 Å². The molecule has 7 heteroatoms. The van der Waals surface area contributed by atoms with Gasteiger partial charge in [0.05, 0.1) is 13.0 Å². The summed E-state index contributed by atoms with van der Waals surface area (Å²) in [6.45, 7) is 5.07. The highest BCUT2D eigenvalue weighted by atomic mass is 127. The van der Waals surface area contributed by atoms with Gasteiger partial charge in [-0.3, -0.25) is 9.79 Å². The quantitative estimate of drug-likeness (QED) is 0.316. The number of piperidine rings is 1. The van der Waals surface area contributed by atoms with Gasteiger partial charge in [-0.2, -0.15) is 0 Å². The molecule has 1 fully saturated rings. The molecule has 25 heavy (non-hydrogen) atoms. The Hall–Kier alpha value is -1.38. The third-order valence-electron chi connectivity index (χ3n) is 4.24. The van der Waals surface area contributed by atoms with E-state index in [1.54, 1.807) is 12.1 Å². The van der Waals surface area contributed by atoms with Gasteiger partial charge in [0, 0.05) is 26.2 Å². The lowest BCUT2D eigenvalue weighted by molar-refractivity contribution is -0.146. The molecule has 1 N–H and O–H groups in total. The zero-order chi connectivity index (χ0) is 17.4. The zero-order valence-corrected chi connectivity index (χ0v) is 17.2. The summed E-state index contributed by atoms with van der Waals surface area (Å²) in [7, 11) is 1.44.